The minimum Gasteiger partial charge on any atom is -0.469 e. The molecule has 4 heteroatoms. The lowest BCUT2D eigenvalue weighted by Crippen LogP contribution is -2.58. The van der Waals surface area contributed by atoms with E-state index >= 15 is 0 Å². The monoisotopic (exact) mass is 376 g/mol. The van der Waals surface area contributed by atoms with Gasteiger partial charge in [-0.25, -0.2) is 0 Å². The average molecular weight is 377 g/mol. The number of rotatable bonds is 3. The maximum absolute atomic E-state index is 12.7. The van der Waals surface area contributed by atoms with Crippen molar-refractivity contribution in [2.24, 2.45) is 17.8 Å². The van der Waals surface area contributed by atoms with Gasteiger partial charge in [-0.1, -0.05) is 23.8 Å². The van der Waals surface area contributed by atoms with Crippen LogP contribution >= 0.6 is 0 Å². The predicted molar refractivity (Wildman–Crippen MR) is 110 cm³/mol. The number of esters is 1. The van der Waals surface area contributed by atoms with Crippen molar-refractivity contribution in [2.75, 3.05) is 20.2 Å². The topological polar surface area (TPSA) is 34.5 Å². The average Bonchev–Trinajstić information content (AvgIpc) is 3.24. The molecule has 1 aromatic carbocycles. The van der Waals surface area contributed by atoms with E-state index < -0.39 is 0 Å². The standard InChI is InChI=1S/C24H28N2O2/c1-28-24(27)23-21-10-6-18-7-11-22(23)26(15-18)16-19(21)14-17-4-8-20(9-5-17)25-12-2-3-13-25/h2-5,8-9,12-14,18,21-23H,6-7,10-11,15-16H2,1H3/b19-14+. The van der Waals surface area contributed by atoms with Gasteiger partial charge in [-0.2, -0.15) is 0 Å². The number of hydrogen-bond acceptors (Lipinski definition) is 3. The lowest BCUT2D eigenvalue weighted by atomic mass is 9.66. The third-order valence-electron chi connectivity index (χ3n) is 7.05. The number of carbonyl (C=O) groups is 1. The Labute approximate surface area is 166 Å². The van der Waals surface area contributed by atoms with Crippen LogP contribution in [0.4, 0.5) is 0 Å². The number of nitrogens with zero attached hydrogens (tertiary/aromatic N) is 2. The van der Waals surface area contributed by atoms with Crippen LogP contribution in [-0.2, 0) is 9.53 Å². The van der Waals surface area contributed by atoms with Gasteiger partial charge in [0.2, 0.25) is 0 Å². The van der Waals surface area contributed by atoms with E-state index in [1.54, 1.807) is 7.11 Å². The Bertz CT molecular complexity index is 869. The van der Waals surface area contributed by atoms with Crippen LogP contribution in [0.3, 0.4) is 0 Å². The highest BCUT2D eigenvalue weighted by Gasteiger charge is 2.49. The first-order valence-corrected chi connectivity index (χ1v) is 10.5. The summed E-state index contributed by atoms with van der Waals surface area (Å²) < 4.78 is 7.36. The van der Waals surface area contributed by atoms with E-state index in [-0.39, 0.29) is 11.9 Å². The van der Waals surface area contributed by atoms with Crippen molar-refractivity contribution in [3.8, 4) is 5.69 Å². The van der Waals surface area contributed by atoms with Crippen molar-refractivity contribution in [2.45, 2.75) is 31.7 Å². The summed E-state index contributed by atoms with van der Waals surface area (Å²) in [6.45, 7) is 2.13. The zero-order valence-electron chi connectivity index (χ0n) is 16.5. The minimum atomic E-state index is -0.0195. The molecule has 146 valence electrons. The molecule has 5 heterocycles. The van der Waals surface area contributed by atoms with Gasteiger partial charge in [-0.15, -0.1) is 0 Å². The van der Waals surface area contributed by atoms with Crippen LogP contribution in [0.5, 0.6) is 0 Å². The molecule has 5 fully saturated rings. The number of aromatic nitrogens is 1. The molecular weight excluding hydrogens is 348 g/mol. The summed E-state index contributed by atoms with van der Waals surface area (Å²) in [5, 5.41) is 0. The van der Waals surface area contributed by atoms with E-state index in [9.17, 15) is 4.79 Å². The Hall–Kier alpha value is -2.33. The zero-order valence-corrected chi connectivity index (χ0v) is 16.5. The van der Waals surface area contributed by atoms with Crippen LogP contribution in [-0.4, -0.2) is 41.7 Å². The molecule has 4 nitrogen and oxygen atoms in total. The van der Waals surface area contributed by atoms with Gasteiger partial charge in [-0.05, 0) is 67.3 Å². The van der Waals surface area contributed by atoms with Gasteiger partial charge < -0.3 is 9.30 Å². The maximum atomic E-state index is 12.7. The van der Waals surface area contributed by atoms with Crippen molar-refractivity contribution < 1.29 is 9.53 Å². The summed E-state index contributed by atoms with van der Waals surface area (Å²) >= 11 is 0. The first-order valence-electron chi connectivity index (χ1n) is 10.5. The molecular formula is C24H28N2O2. The highest BCUT2D eigenvalue weighted by Crippen LogP contribution is 2.46. The van der Waals surface area contributed by atoms with Gasteiger partial charge in [0.1, 0.15) is 0 Å². The lowest BCUT2D eigenvalue weighted by Gasteiger charge is -2.52. The number of ether oxygens (including phenoxy) is 1. The van der Waals surface area contributed by atoms with Crippen molar-refractivity contribution in [1.82, 2.24) is 9.47 Å². The summed E-state index contributed by atoms with van der Waals surface area (Å²) in [5.41, 5.74) is 3.78. The molecule has 4 saturated heterocycles. The molecule has 4 aliphatic heterocycles. The Balaban J connectivity index is 1.46. The highest BCUT2D eigenvalue weighted by atomic mass is 16.5. The quantitative estimate of drug-likeness (QED) is 0.755. The fourth-order valence-electron chi connectivity index (χ4n) is 5.68. The summed E-state index contributed by atoms with van der Waals surface area (Å²) in [6, 6.07) is 13.1. The van der Waals surface area contributed by atoms with Gasteiger partial charge >= 0.3 is 5.97 Å². The largest absolute Gasteiger partial charge is 0.469 e. The summed E-state index contributed by atoms with van der Waals surface area (Å²) in [7, 11) is 1.54. The summed E-state index contributed by atoms with van der Waals surface area (Å²) in [6.07, 6.45) is 11.2. The predicted octanol–water partition coefficient (Wildman–Crippen LogP) is 4.15. The first-order chi connectivity index (χ1) is 13.7. The van der Waals surface area contributed by atoms with Crippen molar-refractivity contribution >= 4 is 12.0 Å². The maximum Gasteiger partial charge on any atom is 0.310 e. The Morgan fingerprint density at radius 2 is 1.82 bits per heavy atom. The van der Waals surface area contributed by atoms with Crippen LogP contribution < -0.4 is 0 Å². The molecule has 28 heavy (non-hydrogen) atoms. The normalized spacial score (nSPS) is 32.9. The van der Waals surface area contributed by atoms with E-state index in [4.69, 9.17) is 4.74 Å². The second kappa shape index (κ2) is 7.25. The SMILES string of the molecule is COC(=O)C1C2CCC3CCC1N(C/C2=C\c1ccc(-n2cccc2)cc1)C3. The molecule has 1 aromatic heterocycles. The van der Waals surface area contributed by atoms with Crippen LogP contribution in [0.25, 0.3) is 11.8 Å². The molecule has 0 radical (unpaired) electrons. The molecule has 4 bridgehead atoms. The molecule has 1 aliphatic carbocycles. The van der Waals surface area contributed by atoms with E-state index in [1.807, 2.05) is 12.1 Å². The summed E-state index contributed by atoms with van der Waals surface area (Å²) in [4.78, 5) is 15.3. The van der Waals surface area contributed by atoms with E-state index in [2.05, 4.69) is 52.2 Å². The van der Waals surface area contributed by atoms with Gasteiger partial charge in [0, 0.05) is 37.2 Å². The Morgan fingerprint density at radius 1 is 1.07 bits per heavy atom. The van der Waals surface area contributed by atoms with Crippen LogP contribution in [0, 0.1) is 17.8 Å². The summed E-state index contributed by atoms with van der Waals surface area (Å²) in [5.74, 6) is 1.10. The number of piperidine rings is 2. The molecule has 5 unspecified atom stereocenters. The molecule has 0 amide bonds. The van der Waals surface area contributed by atoms with E-state index in [0.717, 1.165) is 31.8 Å². The molecule has 5 atom stereocenters. The van der Waals surface area contributed by atoms with Crippen molar-refractivity contribution in [3.05, 3.63) is 59.9 Å². The van der Waals surface area contributed by atoms with E-state index in [1.165, 1.54) is 29.7 Å². The highest BCUT2D eigenvalue weighted by molar-refractivity contribution is 5.75. The number of benzene rings is 1. The third-order valence-corrected chi connectivity index (χ3v) is 7.05. The number of fused-ring (bicyclic) bond motifs is 2. The molecule has 2 aromatic rings. The van der Waals surface area contributed by atoms with Crippen molar-refractivity contribution in [3.63, 3.8) is 0 Å². The van der Waals surface area contributed by atoms with Crippen LogP contribution in [0.15, 0.2) is 54.4 Å². The van der Waals surface area contributed by atoms with Crippen LogP contribution in [0.1, 0.15) is 31.2 Å². The molecule has 1 saturated carbocycles. The zero-order chi connectivity index (χ0) is 19.1. The molecule has 7 rings (SSSR count). The number of hydrogen-bond donors (Lipinski definition) is 0. The van der Waals surface area contributed by atoms with Gasteiger partial charge in [0.25, 0.3) is 0 Å². The Morgan fingerprint density at radius 3 is 2.57 bits per heavy atom. The Kier molecular flexibility index (Phi) is 4.59. The van der Waals surface area contributed by atoms with Crippen LogP contribution in [0.2, 0.25) is 0 Å². The minimum absolute atomic E-state index is 0.00889. The number of carbonyl (C=O) groups excluding carboxylic acids is 1. The van der Waals surface area contributed by atoms with Crippen molar-refractivity contribution in [1.29, 1.82) is 0 Å². The number of methoxy groups -OCH3 is 1. The molecule has 0 N–H and O–H groups in total. The molecule has 0 spiro atoms. The fourth-order valence-corrected chi connectivity index (χ4v) is 5.68. The third kappa shape index (κ3) is 3.10. The second-order valence-corrected chi connectivity index (χ2v) is 8.57. The van der Waals surface area contributed by atoms with Gasteiger partial charge in [0.15, 0.2) is 0 Å². The first kappa shape index (κ1) is 17.7. The smallest absolute Gasteiger partial charge is 0.310 e. The van der Waals surface area contributed by atoms with Gasteiger partial charge in [-0.3, -0.25) is 9.69 Å². The fraction of sp³-hybridized carbons (Fsp3) is 0.458. The second-order valence-electron chi connectivity index (χ2n) is 8.57. The van der Waals surface area contributed by atoms with Gasteiger partial charge in [0.05, 0.1) is 13.0 Å². The molecule has 5 aliphatic rings. The lowest BCUT2D eigenvalue weighted by molar-refractivity contribution is -0.154. The van der Waals surface area contributed by atoms with E-state index in [0.29, 0.717) is 12.0 Å².